The first-order chi connectivity index (χ1) is 16.9. The van der Waals surface area contributed by atoms with Gasteiger partial charge in [0.05, 0.1) is 11.2 Å². The van der Waals surface area contributed by atoms with Crippen LogP contribution in [-0.4, -0.2) is 22.1 Å². The zero-order chi connectivity index (χ0) is 24.4. The molecule has 35 heavy (non-hydrogen) atoms. The molecule has 0 unspecified atom stereocenters. The number of amides is 1. The Hall–Kier alpha value is -2.69. The number of rotatable bonds is 8. The zero-order valence-electron chi connectivity index (χ0n) is 18.6. The van der Waals surface area contributed by atoms with E-state index >= 15 is 0 Å². The molecule has 5 rings (SSSR count). The normalized spacial score (nSPS) is 16.7. The first kappa shape index (κ1) is 24.0. The van der Waals surface area contributed by atoms with Crippen LogP contribution in [0.1, 0.15) is 49.8 Å². The van der Waals surface area contributed by atoms with Gasteiger partial charge in [-0.15, -0.1) is 10.2 Å². The lowest BCUT2D eigenvalue weighted by molar-refractivity contribution is -0.141. The Morgan fingerprint density at radius 1 is 1.20 bits per heavy atom. The second kappa shape index (κ2) is 10.1. The molecular formula is C24H22ClN3O5S2. The monoisotopic (exact) mass is 531 g/mol. The summed E-state index contributed by atoms with van der Waals surface area (Å²) in [6.07, 6.45) is 6.12. The minimum absolute atomic E-state index is 0.0238. The van der Waals surface area contributed by atoms with Gasteiger partial charge < -0.3 is 14.5 Å². The number of thioether (sulfide) groups is 1. The molecule has 1 amide bonds. The number of anilines is 1. The summed E-state index contributed by atoms with van der Waals surface area (Å²) in [6.45, 7) is 0. The van der Waals surface area contributed by atoms with Crippen molar-refractivity contribution in [1.82, 2.24) is 10.2 Å². The smallest absolute Gasteiger partial charge is 0.322 e. The number of halogens is 1. The Balaban J connectivity index is 1.22. The van der Waals surface area contributed by atoms with Crippen LogP contribution in [0.4, 0.5) is 5.13 Å². The number of hydrogen-bond donors (Lipinski definition) is 1. The molecule has 0 radical (unpaired) electrons. The first-order valence-corrected chi connectivity index (χ1v) is 13.5. The Kier molecular flexibility index (Phi) is 6.95. The van der Waals surface area contributed by atoms with Crippen molar-refractivity contribution in [1.29, 1.82) is 0 Å². The van der Waals surface area contributed by atoms with Gasteiger partial charge in [-0.1, -0.05) is 59.7 Å². The summed E-state index contributed by atoms with van der Waals surface area (Å²) in [7, 11) is 0. The van der Waals surface area contributed by atoms with Crippen LogP contribution < -0.4 is 15.5 Å². The van der Waals surface area contributed by atoms with Crippen LogP contribution in [0.3, 0.4) is 0 Å². The maximum atomic E-state index is 13.2. The van der Waals surface area contributed by atoms with Gasteiger partial charge in [0.25, 0.3) is 0 Å². The molecule has 2 saturated carbocycles. The van der Waals surface area contributed by atoms with Crippen molar-refractivity contribution < 1.29 is 18.7 Å². The van der Waals surface area contributed by atoms with Crippen LogP contribution in [0, 0.1) is 5.92 Å². The van der Waals surface area contributed by atoms with E-state index in [2.05, 4.69) is 15.5 Å². The standard InChI is InChI=1S/C24H22ClN3O5S2/c25-16-7-5-15(6-8-16)24(9-1-2-10-24)21(31)33-19-12-32-17(11-18(19)29)13-34-23-28-27-22(35-23)26-20(30)14-3-4-14/h5-8,11-12,14H,1-4,9-10,13H2,(H,26,27,30). The number of hydrogen-bond acceptors (Lipinski definition) is 9. The van der Waals surface area contributed by atoms with E-state index in [0.29, 0.717) is 38.8 Å². The second-order valence-corrected chi connectivity index (χ2v) is 11.3. The number of carbonyl (C=O) groups excluding carboxylic acids is 2. The number of carbonyl (C=O) groups is 2. The molecule has 0 atom stereocenters. The minimum atomic E-state index is -0.796. The van der Waals surface area contributed by atoms with Gasteiger partial charge >= 0.3 is 5.97 Å². The molecule has 182 valence electrons. The number of ether oxygens (including phenoxy) is 1. The highest BCUT2D eigenvalue weighted by molar-refractivity contribution is 8.00. The van der Waals surface area contributed by atoms with Crippen LogP contribution in [0.2, 0.25) is 5.02 Å². The lowest BCUT2D eigenvalue weighted by Gasteiger charge is -2.26. The van der Waals surface area contributed by atoms with Crippen molar-refractivity contribution in [3.63, 3.8) is 0 Å². The average molecular weight is 532 g/mol. The Bertz CT molecular complexity index is 1300. The Morgan fingerprint density at radius 2 is 1.94 bits per heavy atom. The molecule has 0 bridgehead atoms. The van der Waals surface area contributed by atoms with Gasteiger partial charge in [-0.3, -0.25) is 14.4 Å². The highest BCUT2D eigenvalue weighted by Gasteiger charge is 2.44. The van der Waals surface area contributed by atoms with Gasteiger partial charge in [0.2, 0.25) is 22.2 Å². The molecule has 8 nitrogen and oxygen atoms in total. The summed E-state index contributed by atoms with van der Waals surface area (Å²) in [6, 6.07) is 8.51. The number of nitrogens with zero attached hydrogens (tertiary/aromatic N) is 2. The molecule has 1 aromatic carbocycles. The molecule has 0 spiro atoms. The number of esters is 1. The third-order valence-electron chi connectivity index (χ3n) is 6.22. The zero-order valence-corrected chi connectivity index (χ0v) is 21.0. The fraction of sp³-hybridized carbons (Fsp3) is 0.375. The number of aromatic nitrogens is 2. The van der Waals surface area contributed by atoms with Crippen LogP contribution in [-0.2, 0) is 20.8 Å². The predicted octanol–water partition coefficient (Wildman–Crippen LogP) is 5.20. The molecular weight excluding hydrogens is 510 g/mol. The molecule has 2 aliphatic rings. The molecule has 11 heteroatoms. The van der Waals surface area contributed by atoms with Crippen LogP contribution >= 0.6 is 34.7 Å². The minimum Gasteiger partial charge on any atom is -0.464 e. The van der Waals surface area contributed by atoms with E-state index in [-0.39, 0.29) is 17.6 Å². The molecule has 2 aliphatic carbocycles. The number of benzene rings is 1. The van der Waals surface area contributed by atoms with Crippen molar-refractivity contribution in [3.8, 4) is 5.75 Å². The fourth-order valence-corrected chi connectivity index (χ4v) is 5.92. The molecule has 2 aromatic heterocycles. The largest absolute Gasteiger partial charge is 0.464 e. The summed E-state index contributed by atoms with van der Waals surface area (Å²) in [5, 5.41) is 11.8. The topological polar surface area (TPSA) is 111 Å². The van der Waals surface area contributed by atoms with E-state index in [1.807, 2.05) is 12.1 Å². The van der Waals surface area contributed by atoms with E-state index in [9.17, 15) is 14.4 Å². The molecule has 0 saturated heterocycles. The maximum Gasteiger partial charge on any atom is 0.322 e. The number of nitrogens with one attached hydrogen (secondary N) is 1. The summed E-state index contributed by atoms with van der Waals surface area (Å²) < 4.78 is 11.8. The third kappa shape index (κ3) is 5.44. The van der Waals surface area contributed by atoms with Gasteiger partial charge in [-0.2, -0.15) is 0 Å². The van der Waals surface area contributed by atoms with Crippen LogP contribution in [0.5, 0.6) is 5.75 Å². The second-order valence-electron chi connectivity index (χ2n) is 8.69. The summed E-state index contributed by atoms with van der Waals surface area (Å²) in [5.74, 6) is 0.220. The first-order valence-electron chi connectivity index (χ1n) is 11.3. The lowest BCUT2D eigenvalue weighted by Crippen LogP contribution is -2.37. The van der Waals surface area contributed by atoms with Crippen molar-refractivity contribution in [3.05, 3.63) is 63.2 Å². The Morgan fingerprint density at radius 3 is 2.63 bits per heavy atom. The predicted molar refractivity (Wildman–Crippen MR) is 133 cm³/mol. The van der Waals surface area contributed by atoms with Gasteiger partial charge in [0.15, 0.2) is 4.34 Å². The van der Waals surface area contributed by atoms with E-state index in [0.717, 1.165) is 31.2 Å². The van der Waals surface area contributed by atoms with Gasteiger partial charge in [0.1, 0.15) is 12.0 Å². The van der Waals surface area contributed by atoms with Gasteiger partial charge in [-0.05, 0) is 43.4 Å². The lowest BCUT2D eigenvalue weighted by atomic mass is 9.79. The van der Waals surface area contributed by atoms with Crippen molar-refractivity contribution in [2.75, 3.05) is 5.32 Å². The fourth-order valence-electron chi connectivity index (χ4n) is 4.15. The quantitative estimate of drug-likeness (QED) is 0.240. The van der Waals surface area contributed by atoms with E-state index in [1.54, 1.807) is 12.1 Å². The van der Waals surface area contributed by atoms with Gasteiger partial charge in [-0.25, -0.2) is 0 Å². The Labute approximate surface area is 214 Å². The van der Waals surface area contributed by atoms with Crippen LogP contribution in [0.15, 0.2) is 50.1 Å². The summed E-state index contributed by atoms with van der Waals surface area (Å²) >= 11 is 8.61. The van der Waals surface area contributed by atoms with E-state index < -0.39 is 16.8 Å². The molecule has 3 aromatic rings. The highest BCUT2D eigenvalue weighted by Crippen LogP contribution is 2.42. The van der Waals surface area contributed by atoms with E-state index in [4.69, 9.17) is 20.8 Å². The van der Waals surface area contributed by atoms with E-state index in [1.165, 1.54) is 35.4 Å². The third-order valence-corrected chi connectivity index (χ3v) is 8.47. The molecule has 0 aliphatic heterocycles. The summed E-state index contributed by atoms with van der Waals surface area (Å²) in [5.41, 5.74) is -0.388. The van der Waals surface area contributed by atoms with Crippen LogP contribution in [0.25, 0.3) is 0 Å². The van der Waals surface area contributed by atoms with Gasteiger partial charge in [0, 0.05) is 17.0 Å². The molecule has 1 N–H and O–H groups in total. The van der Waals surface area contributed by atoms with Crippen molar-refractivity contribution in [2.24, 2.45) is 5.92 Å². The summed E-state index contributed by atoms with van der Waals surface area (Å²) in [4.78, 5) is 37.7. The SMILES string of the molecule is O=C(Nc1nnc(SCc2cc(=O)c(OC(=O)C3(c4ccc(Cl)cc4)CCCC3)co2)s1)C1CC1. The van der Waals surface area contributed by atoms with Crippen molar-refractivity contribution >= 4 is 51.7 Å². The molecule has 2 fully saturated rings. The highest BCUT2D eigenvalue weighted by atomic mass is 35.5. The average Bonchev–Trinajstić information content (AvgIpc) is 3.41. The van der Waals surface area contributed by atoms with Crippen molar-refractivity contribution in [2.45, 2.75) is 54.0 Å². The molecule has 2 heterocycles. The maximum absolute atomic E-state index is 13.2.